The van der Waals surface area contributed by atoms with Crippen molar-refractivity contribution in [3.63, 3.8) is 0 Å². The predicted molar refractivity (Wildman–Crippen MR) is 108 cm³/mol. The van der Waals surface area contributed by atoms with E-state index >= 15 is 0 Å². The maximum atomic E-state index is 12.7. The third kappa shape index (κ3) is 4.75. The molecular formula is C20H23N3O5S. The summed E-state index contributed by atoms with van der Waals surface area (Å²) >= 11 is 0. The minimum Gasteiger partial charge on any atom is -0.438 e. The Bertz CT molecular complexity index is 1010. The first-order valence-corrected chi connectivity index (χ1v) is 10.8. The van der Waals surface area contributed by atoms with Crippen molar-refractivity contribution in [1.82, 2.24) is 9.62 Å². The van der Waals surface area contributed by atoms with Gasteiger partial charge in [-0.3, -0.25) is 9.59 Å². The highest BCUT2D eigenvalue weighted by molar-refractivity contribution is 7.89. The summed E-state index contributed by atoms with van der Waals surface area (Å²) in [6.07, 6.45) is 4.15. The third-order valence-corrected chi connectivity index (χ3v) is 6.31. The smallest absolute Gasteiger partial charge is 0.291 e. The van der Waals surface area contributed by atoms with Crippen LogP contribution in [0.3, 0.4) is 0 Å². The summed E-state index contributed by atoms with van der Waals surface area (Å²) in [6.45, 7) is 4.72. The van der Waals surface area contributed by atoms with Gasteiger partial charge in [0.15, 0.2) is 5.76 Å². The molecule has 1 aliphatic heterocycles. The van der Waals surface area contributed by atoms with E-state index in [0.29, 0.717) is 13.1 Å². The van der Waals surface area contributed by atoms with Crippen LogP contribution in [0.4, 0.5) is 5.69 Å². The first-order chi connectivity index (χ1) is 13.9. The minimum absolute atomic E-state index is 0.151. The first-order valence-electron chi connectivity index (χ1n) is 9.33. The van der Waals surface area contributed by atoms with E-state index in [9.17, 15) is 18.0 Å². The number of hydrogen-bond donors (Lipinski definition) is 2. The molecule has 0 saturated carbocycles. The molecule has 154 valence electrons. The molecular weight excluding hydrogens is 394 g/mol. The van der Waals surface area contributed by atoms with Crippen LogP contribution in [0, 0.1) is 0 Å². The van der Waals surface area contributed by atoms with Crippen LogP contribution in [0.25, 0.3) is 0 Å². The van der Waals surface area contributed by atoms with Crippen LogP contribution >= 0.6 is 0 Å². The molecule has 9 heteroatoms. The lowest BCUT2D eigenvalue weighted by molar-refractivity contribution is 0.0959. The second-order valence-electron chi connectivity index (χ2n) is 6.58. The largest absolute Gasteiger partial charge is 0.438 e. The number of sulfonamides is 1. The predicted octanol–water partition coefficient (Wildman–Crippen LogP) is 2.62. The quantitative estimate of drug-likeness (QED) is 0.673. The summed E-state index contributed by atoms with van der Waals surface area (Å²) in [5.74, 6) is -1.16. The number of nitrogens with zero attached hydrogens (tertiary/aromatic N) is 1. The minimum atomic E-state index is -3.77. The van der Waals surface area contributed by atoms with Crippen LogP contribution in [0.2, 0.25) is 0 Å². The summed E-state index contributed by atoms with van der Waals surface area (Å²) < 4.78 is 32.0. The molecule has 2 aromatic rings. The van der Waals surface area contributed by atoms with Gasteiger partial charge in [0.2, 0.25) is 5.09 Å². The van der Waals surface area contributed by atoms with E-state index < -0.39 is 15.9 Å². The molecule has 29 heavy (non-hydrogen) atoms. The number of piperidine rings is 1. The van der Waals surface area contributed by atoms with Gasteiger partial charge in [0.25, 0.3) is 21.8 Å². The van der Waals surface area contributed by atoms with E-state index in [1.807, 2.05) is 0 Å². The summed E-state index contributed by atoms with van der Waals surface area (Å²) in [7, 11) is -3.77. The molecule has 0 spiro atoms. The number of para-hydroxylation sites is 1. The summed E-state index contributed by atoms with van der Waals surface area (Å²) in [4.78, 5) is 24.8. The highest BCUT2D eigenvalue weighted by atomic mass is 32.2. The van der Waals surface area contributed by atoms with Crippen molar-refractivity contribution in [3.05, 3.63) is 60.4 Å². The number of furan rings is 1. The third-order valence-electron chi connectivity index (χ3n) is 4.54. The zero-order valence-electron chi connectivity index (χ0n) is 15.9. The Hall–Kier alpha value is -2.91. The highest BCUT2D eigenvalue weighted by Crippen LogP contribution is 2.23. The Morgan fingerprint density at radius 2 is 1.79 bits per heavy atom. The van der Waals surface area contributed by atoms with E-state index in [1.54, 1.807) is 30.3 Å². The van der Waals surface area contributed by atoms with Gasteiger partial charge in [0, 0.05) is 19.6 Å². The second kappa shape index (κ2) is 9.06. The van der Waals surface area contributed by atoms with Crippen molar-refractivity contribution in [2.75, 3.05) is 25.0 Å². The van der Waals surface area contributed by atoms with E-state index in [1.165, 1.54) is 16.4 Å². The van der Waals surface area contributed by atoms with Crippen molar-refractivity contribution in [1.29, 1.82) is 0 Å². The maximum Gasteiger partial charge on any atom is 0.291 e. The van der Waals surface area contributed by atoms with Gasteiger partial charge in [-0.15, -0.1) is 6.58 Å². The average Bonchev–Trinajstić information content (AvgIpc) is 3.24. The van der Waals surface area contributed by atoms with Gasteiger partial charge in [-0.2, -0.15) is 4.31 Å². The summed E-state index contributed by atoms with van der Waals surface area (Å²) in [5.41, 5.74) is 0.561. The second-order valence-corrected chi connectivity index (χ2v) is 8.45. The molecule has 3 rings (SSSR count). The molecule has 2 N–H and O–H groups in total. The van der Waals surface area contributed by atoms with Crippen molar-refractivity contribution in [3.8, 4) is 0 Å². The van der Waals surface area contributed by atoms with Gasteiger partial charge >= 0.3 is 0 Å². The fraction of sp³-hybridized carbons (Fsp3) is 0.300. The Morgan fingerprint density at radius 3 is 2.52 bits per heavy atom. The zero-order valence-corrected chi connectivity index (χ0v) is 16.7. The Balaban J connectivity index is 1.76. The van der Waals surface area contributed by atoms with Gasteiger partial charge in [-0.05, 0) is 37.1 Å². The fourth-order valence-electron chi connectivity index (χ4n) is 3.05. The number of rotatable bonds is 7. The number of amides is 2. The average molecular weight is 417 g/mol. The molecule has 1 saturated heterocycles. The number of hydrogen-bond acceptors (Lipinski definition) is 5. The van der Waals surface area contributed by atoms with Crippen molar-refractivity contribution in [2.24, 2.45) is 0 Å². The standard InChI is InChI=1S/C20H23N3O5S/c1-2-12-21-19(24)15-8-4-5-9-16(15)22-20(25)17-10-11-18(28-17)29(26,27)23-13-6-3-7-14-23/h2,4-5,8-11H,1,3,6-7,12-14H2,(H,21,24)(H,22,25). The van der Waals surface area contributed by atoms with Gasteiger partial charge in [-0.25, -0.2) is 8.42 Å². The first kappa shape index (κ1) is 20.8. The molecule has 0 bridgehead atoms. The van der Waals surface area contributed by atoms with Crippen LogP contribution in [-0.4, -0.2) is 44.2 Å². The zero-order chi connectivity index (χ0) is 20.9. The van der Waals surface area contributed by atoms with Crippen molar-refractivity contribution < 1.29 is 22.4 Å². The fourth-order valence-corrected chi connectivity index (χ4v) is 4.48. The molecule has 1 fully saturated rings. The lowest BCUT2D eigenvalue weighted by atomic mass is 10.1. The molecule has 0 radical (unpaired) electrons. The van der Waals surface area contributed by atoms with Gasteiger partial charge < -0.3 is 15.1 Å². The number of carbonyl (C=O) groups excluding carboxylic acids is 2. The molecule has 8 nitrogen and oxygen atoms in total. The van der Waals surface area contributed by atoms with Gasteiger partial charge in [0.1, 0.15) is 0 Å². The normalized spacial score (nSPS) is 14.9. The monoisotopic (exact) mass is 417 g/mol. The summed E-state index contributed by atoms with van der Waals surface area (Å²) in [6, 6.07) is 9.09. The number of nitrogens with one attached hydrogen (secondary N) is 2. The van der Waals surface area contributed by atoms with Crippen molar-refractivity contribution >= 4 is 27.5 Å². The van der Waals surface area contributed by atoms with E-state index in [4.69, 9.17) is 4.42 Å². The Morgan fingerprint density at radius 1 is 1.07 bits per heavy atom. The number of carbonyl (C=O) groups is 2. The topological polar surface area (TPSA) is 109 Å². The lowest BCUT2D eigenvalue weighted by Crippen LogP contribution is -2.35. The highest BCUT2D eigenvalue weighted by Gasteiger charge is 2.29. The van der Waals surface area contributed by atoms with Crippen LogP contribution < -0.4 is 10.6 Å². The van der Waals surface area contributed by atoms with E-state index in [0.717, 1.165) is 19.3 Å². The molecule has 2 heterocycles. The van der Waals surface area contributed by atoms with Gasteiger partial charge in [-0.1, -0.05) is 24.6 Å². The Labute approximate surface area is 169 Å². The van der Waals surface area contributed by atoms with Crippen molar-refractivity contribution in [2.45, 2.75) is 24.4 Å². The number of benzene rings is 1. The van der Waals surface area contributed by atoms with Crippen LogP contribution in [-0.2, 0) is 10.0 Å². The van der Waals surface area contributed by atoms with Crippen LogP contribution in [0.15, 0.2) is 58.6 Å². The molecule has 1 aliphatic rings. The van der Waals surface area contributed by atoms with E-state index in [-0.39, 0.29) is 34.6 Å². The van der Waals surface area contributed by atoms with E-state index in [2.05, 4.69) is 17.2 Å². The Kier molecular flexibility index (Phi) is 6.50. The van der Waals surface area contributed by atoms with Gasteiger partial charge in [0.05, 0.1) is 11.3 Å². The SMILES string of the molecule is C=CCNC(=O)c1ccccc1NC(=O)c1ccc(S(=O)(=O)N2CCCCC2)o1. The molecule has 1 aromatic heterocycles. The maximum absolute atomic E-state index is 12.7. The molecule has 0 atom stereocenters. The molecule has 0 aliphatic carbocycles. The van der Waals surface area contributed by atoms with Crippen LogP contribution in [0.5, 0.6) is 0 Å². The van der Waals surface area contributed by atoms with Crippen LogP contribution in [0.1, 0.15) is 40.2 Å². The summed E-state index contributed by atoms with van der Waals surface area (Å²) in [5, 5.41) is 4.98. The molecule has 0 unspecified atom stereocenters. The number of anilines is 1. The lowest BCUT2D eigenvalue weighted by Gasteiger charge is -2.24. The molecule has 2 amide bonds. The molecule has 1 aromatic carbocycles.